The zero-order chi connectivity index (χ0) is 17.4. The van der Waals surface area contributed by atoms with Gasteiger partial charge in [-0.25, -0.2) is 9.97 Å². The highest BCUT2D eigenvalue weighted by Gasteiger charge is 1.97. The fourth-order valence-corrected chi connectivity index (χ4v) is 1.33. The second kappa shape index (κ2) is 15.6. The third kappa shape index (κ3) is 11.0. The van der Waals surface area contributed by atoms with Gasteiger partial charge in [0.2, 0.25) is 0 Å². The molecule has 2 heterocycles. The molecule has 0 saturated carbocycles. The smallest absolute Gasteiger partial charge is 0.130 e. The molecule has 0 aromatic carbocycles. The summed E-state index contributed by atoms with van der Waals surface area (Å²) < 4.78 is 0. The summed E-state index contributed by atoms with van der Waals surface area (Å²) in [7, 11) is 0. The van der Waals surface area contributed by atoms with Gasteiger partial charge in [-0.3, -0.25) is 4.98 Å². The summed E-state index contributed by atoms with van der Waals surface area (Å²) in [4.78, 5) is 12.3. The van der Waals surface area contributed by atoms with Crippen LogP contribution in [0.25, 0.3) is 0 Å². The molecular weight excluding hydrogens is 270 g/mol. The summed E-state index contributed by atoms with van der Waals surface area (Å²) in [6.45, 7) is 16.4. The molecule has 0 spiro atoms. The molecule has 0 amide bonds. The first-order valence-corrected chi connectivity index (χ1v) is 8.29. The van der Waals surface area contributed by atoms with Crippen molar-refractivity contribution < 1.29 is 0 Å². The van der Waals surface area contributed by atoms with Crippen LogP contribution >= 0.6 is 0 Å². The molecule has 0 fully saturated rings. The number of hydrogen-bond acceptors (Lipinski definition) is 3. The molecule has 2 aromatic heterocycles. The van der Waals surface area contributed by atoms with Crippen LogP contribution < -0.4 is 0 Å². The van der Waals surface area contributed by atoms with E-state index in [4.69, 9.17) is 0 Å². The van der Waals surface area contributed by atoms with Gasteiger partial charge < -0.3 is 0 Å². The molecule has 0 aliphatic heterocycles. The Morgan fingerprint density at radius 1 is 0.636 bits per heavy atom. The van der Waals surface area contributed by atoms with E-state index in [0.717, 1.165) is 11.5 Å². The van der Waals surface area contributed by atoms with Crippen LogP contribution in [0.2, 0.25) is 0 Å². The van der Waals surface area contributed by atoms with Crippen LogP contribution in [0.4, 0.5) is 0 Å². The predicted molar refractivity (Wildman–Crippen MR) is 97.1 cm³/mol. The SMILES string of the molecule is CC.CC.CC(C)c1ccccn1.CC(C)c1ncccn1. The normalized spacial score (nSPS) is 8.82. The van der Waals surface area contributed by atoms with E-state index in [1.54, 1.807) is 12.4 Å². The van der Waals surface area contributed by atoms with Crippen molar-refractivity contribution in [2.24, 2.45) is 0 Å². The van der Waals surface area contributed by atoms with Gasteiger partial charge in [-0.1, -0.05) is 61.5 Å². The minimum Gasteiger partial charge on any atom is -0.261 e. The molecule has 0 aliphatic carbocycles. The van der Waals surface area contributed by atoms with Crippen molar-refractivity contribution in [2.45, 2.75) is 67.2 Å². The van der Waals surface area contributed by atoms with Crippen LogP contribution in [-0.2, 0) is 0 Å². The molecule has 0 atom stereocenters. The van der Waals surface area contributed by atoms with Crippen molar-refractivity contribution >= 4 is 0 Å². The number of aromatic nitrogens is 3. The van der Waals surface area contributed by atoms with Crippen molar-refractivity contribution in [1.82, 2.24) is 15.0 Å². The van der Waals surface area contributed by atoms with E-state index >= 15 is 0 Å². The van der Waals surface area contributed by atoms with Crippen LogP contribution in [0.3, 0.4) is 0 Å². The molecule has 3 nitrogen and oxygen atoms in total. The minimum absolute atomic E-state index is 0.436. The summed E-state index contributed by atoms with van der Waals surface area (Å²) in [5.41, 5.74) is 1.16. The molecule has 2 rings (SSSR count). The second-order valence-electron chi connectivity index (χ2n) is 4.67. The Bertz CT molecular complexity index is 381. The molecule has 0 saturated heterocycles. The summed E-state index contributed by atoms with van der Waals surface area (Å²) in [5.74, 6) is 1.90. The van der Waals surface area contributed by atoms with Crippen LogP contribution in [0.15, 0.2) is 42.9 Å². The Labute approximate surface area is 137 Å². The largest absolute Gasteiger partial charge is 0.261 e. The summed E-state index contributed by atoms with van der Waals surface area (Å²) >= 11 is 0. The topological polar surface area (TPSA) is 38.7 Å². The highest BCUT2D eigenvalue weighted by atomic mass is 14.9. The first-order valence-electron chi connectivity index (χ1n) is 8.29. The lowest BCUT2D eigenvalue weighted by Gasteiger charge is -2.00. The van der Waals surface area contributed by atoms with E-state index in [2.05, 4.69) is 42.6 Å². The van der Waals surface area contributed by atoms with Gasteiger partial charge in [0.25, 0.3) is 0 Å². The number of hydrogen-bond donors (Lipinski definition) is 0. The molecule has 0 radical (unpaired) electrons. The first-order chi connectivity index (χ1) is 10.6. The van der Waals surface area contributed by atoms with Gasteiger partial charge in [-0.2, -0.15) is 0 Å². The third-order valence-electron chi connectivity index (χ3n) is 2.38. The van der Waals surface area contributed by atoms with Crippen LogP contribution in [0, 0.1) is 0 Å². The molecule has 0 aliphatic rings. The van der Waals surface area contributed by atoms with Crippen molar-refractivity contribution in [3.8, 4) is 0 Å². The standard InChI is InChI=1S/C8H11N.C7H10N2.2C2H6/c1-7(2)8-5-3-4-6-9-8;1-6(2)7-8-4-3-5-9-7;2*1-2/h3-7H,1-2H3;3-6H,1-2H3;2*1-2H3. The average Bonchev–Trinajstić information content (AvgIpc) is 2.60. The van der Waals surface area contributed by atoms with Crippen molar-refractivity contribution in [3.05, 3.63) is 54.4 Å². The van der Waals surface area contributed by atoms with E-state index in [0.29, 0.717) is 11.8 Å². The van der Waals surface area contributed by atoms with Crippen LogP contribution in [0.1, 0.15) is 78.7 Å². The van der Waals surface area contributed by atoms with Gasteiger partial charge in [0, 0.05) is 30.2 Å². The fraction of sp³-hybridized carbons (Fsp3) is 0.526. The van der Waals surface area contributed by atoms with E-state index in [-0.39, 0.29) is 0 Å². The molecule has 124 valence electrons. The lowest BCUT2D eigenvalue weighted by Crippen LogP contribution is -1.93. The van der Waals surface area contributed by atoms with Gasteiger partial charge in [-0.05, 0) is 24.1 Å². The molecule has 0 unspecified atom stereocenters. The fourth-order valence-electron chi connectivity index (χ4n) is 1.33. The summed E-state index contributed by atoms with van der Waals surface area (Å²) in [6.07, 6.45) is 5.36. The molecular formula is C19H33N3. The van der Waals surface area contributed by atoms with Crippen LogP contribution in [0.5, 0.6) is 0 Å². The Morgan fingerprint density at radius 2 is 1.14 bits per heavy atom. The van der Waals surface area contributed by atoms with Gasteiger partial charge >= 0.3 is 0 Å². The van der Waals surface area contributed by atoms with Crippen LogP contribution in [-0.4, -0.2) is 15.0 Å². The maximum Gasteiger partial charge on any atom is 0.130 e. The Hall–Kier alpha value is -1.77. The van der Waals surface area contributed by atoms with E-state index < -0.39 is 0 Å². The number of pyridine rings is 1. The van der Waals surface area contributed by atoms with Gasteiger partial charge in [0.15, 0.2) is 0 Å². The quantitative estimate of drug-likeness (QED) is 0.697. The van der Waals surface area contributed by atoms with Crippen molar-refractivity contribution in [1.29, 1.82) is 0 Å². The highest BCUT2D eigenvalue weighted by molar-refractivity contribution is 5.06. The maximum atomic E-state index is 4.18. The second-order valence-corrected chi connectivity index (χ2v) is 4.67. The van der Waals surface area contributed by atoms with Gasteiger partial charge in [0.1, 0.15) is 5.82 Å². The molecule has 0 N–H and O–H groups in total. The lowest BCUT2D eigenvalue weighted by molar-refractivity contribution is 0.774. The van der Waals surface area contributed by atoms with E-state index in [1.807, 2.05) is 58.2 Å². The van der Waals surface area contributed by atoms with E-state index in [9.17, 15) is 0 Å². The molecule has 3 heteroatoms. The van der Waals surface area contributed by atoms with E-state index in [1.165, 1.54) is 0 Å². The maximum absolute atomic E-state index is 4.18. The third-order valence-corrected chi connectivity index (χ3v) is 2.38. The summed E-state index contributed by atoms with van der Waals surface area (Å²) in [6, 6.07) is 7.82. The zero-order valence-electron chi connectivity index (χ0n) is 15.5. The average molecular weight is 303 g/mol. The number of nitrogens with zero attached hydrogens (tertiary/aromatic N) is 3. The van der Waals surface area contributed by atoms with Gasteiger partial charge in [-0.15, -0.1) is 0 Å². The van der Waals surface area contributed by atoms with Crippen molar-refractivity contribution in [2.75, 3.05) is 0 Å². The Balaban J connectivity index is 0. The molecule has 0 bridgehead atoms. The zero-order valence-corrected chi connectivity index (χ0v) is 15.5. The predicted octanol–water partition coefficient (Wildman–Crippen LogP) is 5.86. The van der Waals surface area contributed by atoms with Crippen molar-refractivity contribution in [3.63, 3.8) is 0 Å². The number of rotatable bonds is 2. The minimum atomic E-state index is 0.436. The highest BCUT2D eigenvalue weighted by Crippen LogP contribution is 2.08. The van der Waals surface area contributed by atoms with Gasteiger partial charge in [0.05, 0.1) is 0 Å². The Morgan fingerprint density at radius 3 is 1.41 bits per heavy atom. The lowest BCUT2D eigenvalue weighted by atomic mass is 10.1. The summed E-state index contributed by atoms with van der Waals surface area (Å²) in [5, 5.41) is 0. The monoisotopic (exact) mass is 303 g/mol. The molecule has 22 heavy (non-hydrogen) atoms. The Kier molecular flexibility index (Phi) is 16.0. The molecule has 2 aromatic rings. The first kappa shape index (κ1) is 22.5.